The van der Waals surface area contributed by atoms with E-state index in [1.54, 1.807) is 30.3 Å². The molecule has 3 aromatic carbocycles. The van der Waals surface area contributed by atoms with Crippen molar-refractivity contribution < 1.29 is 27.5 Å². The third kappa shape index (κ3) is 8.13. The fourth-order valence-corrected chi connectivity index (χ4v) is 6.16. The van der Waals surface area contributed by atoms with E-state index in [4.69, 9.17) is 32.7 Å². The molecule has 9 nitrogen and oxygen atoms in total. The van der Waals surface area contributed by atoms with Crippen LogP contribution in [-0.2, 0) is 32.6 Å². The molecule has 0 aromatic heterocycles. The van der Waals surface area contributed by atoms with Gasteiger partial charge in [-0.15, -0.1) is 0 Å². The Morgan fingerprint density at radius 3 is 2.28 bits per heavy atom. The van der Waals surface area contributed by atoms with Crippen molar-refractivity contribution in [2.75, 3.05) is 29.9 Å². The Hall–Kier alpha value is -3.47. The maximum absolute atomic E-state index is 14.3. The first-order chi connectivity index (χ1) is 20.5. The van der Waals surface area contributed by atoms with Crippen LogP contribution in [0.5, 0.6) is 11.5 Å². The molecule has 0 bridgehead atoms. The molecule has 1 heterocycles. The average Bonchev–Trinajstić information content (AvgIpc) is 3.46. The number of benzene rings is 3. The number of nitrogens with zero attached hydrogens (tertiary/aromatic N) is 2. The highest BCUT2D eigenvalue weighted by molar-refractivity contribution is 7.92. The van der Waals surface area contributed by atoms with E-state index in [-0.39, 0.29) is 43.0 Å². The molecule has 0 fully saturated rings. The van der Waals surface area contributed by atoms with E-state index < -0.39 is 28.5 Å². The number of sulfonamides is 1. The first-order valence-corrected chi connectivity index (χ1v) is 16.3. The van der Waals surface area contributed by atoms with Crippen LogP contribution in [0.15, 0.2) is 66.7 Å². The summed E-state index contributed by atoms with van der Waals surface area (Å²) in [5, 5.41) is 3.59. The predicted octanol–water partition coefficient (Wildman–Crippen LogP) is 5.29. The number of carbonyl (C=O) groups excluding carboxylic acids is 2. The maximum Gasteiger partial charge on any atom is 0.244 e. The number of hydrogen-bond donors (Lipinski definition) is 1. The Balaban J connectivity index is 1.77. The molecule has 1 aliphatic rings. The van der Waals surface area contributed by atoms with Gasteiger partial charge >= 0.3 is 0 Å². The van der Waals surface area contributed by atoms with Gasteiger partial charge in [0.2, 0.25) is 28.6 Å². The molecule has 0 saturated heterocycles. The number of fused-ring (bicyclic) bond motifs is 1. The number of hydrogen-bond acceptors (Lipinski definition) is 6. The zero-order chi connectivity index (χ0) is 31.1. The molecule has 230 valence electrons. The zero-order valence-corrected chi connectivity index (χ0v) is 26.6. The molecule has 2 amide bonds. The molecule has 0 saturated carbocycles. The standard InChI is InChI=1S/C31H35Cl2N3O6S/c1-4-43(39,40)36(23-13-14-28-29(16-23)42-20-41-28)19-30(37)35(18-24-25(32)11-8-12-26(24)33)27(31(38)34-17-21(2)3)15-22-9-6-5-7-10-22/h5-14,16,21,27H,4,15,17-20H2,1-3H3,(H,34,38). The van der Waals surface area contributed by atoms with Crippen LogP contribution < -0.4 is 19.1 Å². The summed E-state index contributed by atoms with van der Waals surface area (Å²) in [6, 6.07) is 18.0. The highest BCUT2D eigenvalue weighted by Crippen LogP contribution is 2.36. The molecule has 1 atom stereocenters. The Morgan fingerprint density at radius 1 is 0.953 bits per heavy atom. The van der Waals surface area contributed by atoms with Gasteiger partial charge < -0.3 is 19.7 Å². The first-order valence-electron chi connectivity index (χ1n) is 13.9. The Bertz CT molecular complexity index is 1530. The van der Waals surface area contributed by atoms with Gasteiger partial charge in [-0.3, -0.25) is 13.9 Å². The molecule has 12 heteroatoms. The minimum atomic E-state index is -3.94. The van der Waals surface area contributed by atoms with Gasteiger partial charge in [-0.2, -0.15) is 0 Å². The lowest BCUT2D eigenvalue weighted by Gasteiger charge is -2.34. The molecule has 3 aromatic rings. The Labute approximate surface area is 262 Å². The predicted molar refractivity (Wildman–Crippen MR) is 168 cm³/mol. The summed E-state index contributed by atoms with van der Waals surface area (Å²) in [6.45, 7) is 5.16. The van der Waals surface area contributed by atoms with Crippen LogP contribution in [0.1, 0.15) is 31.9 Å². The lowest BCUT2D eigenvalue weighted by molar-refractivity contribution is -0.140. The van der Waals surface area contributed by atoms with Crippen molar-refractivity contribution in [3.05, 3.63) is 87.9 Å². The lowest BCUT2D eigenvalue weighted by Crippen LogP contribution is -2.54. The van der Waals surface area contributed by atoms with Crippen molar-refractivity contribution in [3.8, 4) is 11.5 Å². The third-order valence-electron chi connectivity index (χ3n) is 6.97. The first kappa shape index (κ1) is 32.4. The van der Waals surface area contributed by atoms with E-state index in [0.717, 1.165) is 9.87 Å². The van der Waals surface area contributed by atoms with E-state index >= 15 is 0 Å². The van der Waals surface area contributed by atoms with Crippen molar-refractivity contribution >= 4 is 50.7 Å². The van der Waals surface area contributed by atoms with E-state index in [2.05, 4.69) is 5.32 Å². The summed E-state index contributed by atoms with van der Waals surface area (Å²) in [7, 11) is -3.94. The fraction of sp³-hybridized carbons (Fsp3) is 0.355. The van der Waals surface area contributed by atoms with E-state index in [1.807, 2.05) is 44.2 Å². The monoisotopic (exact) mass is 647 g/mol. The second-order valence-corrected chi connectivity index (χ2v) is 13.5. The Morgan fingerprint density at radius 2 is 1.63 bits per heavy atom. The second-order valence-electron chi connectivity index (χ2n) is 10.5. The zero-order valence-electron chi connectivity index (χ0n) is 24.3. The van der Waals surface area contributed by atoms with Gasteiger partial charge in [-0.1, -0.05) is 73.4 Å². The second kappa shape index (κ2) is 14.3. The van der Waals surface area contributed by atoms with Gasteiger partial charge in [0.15, 0.2) is 11.5 Å². The molecule has 0 spiro atoms. The third-order valence-corrected chi connectivity index (χ3v) is 9.42. The summed E-state index contributed by atoms with van der Waals surface area (Å²) in [4.78, 5) is 29.4. The van der Waals surface area contributed by atoms with Gasteiger partial charge in [-0.25, -0.2) is 8.42 Å². The minimum absolute atomic E-state index is 0.0112. The maximum atomic E-state index is 14.3. The molecular weight excluding hydrogens is 613 g/mol. The number of halogens is 2. The average molecular weight is 649 g/mol. The molecule has 1 aliphatic heterocycles. The number of amides is 2. The molecule has 0 aliphatic carbocycles. The SMILES string of the molecule is CCS(=O)(=O)N(CC(=O)N(Cc1c(Cl)cccc1Cl)C(Cc1ccccc1)C(=O)NCC(C)C)c1ccc2c(c1)OCO2. The van der Waals surface area contributed by atoms with Crippen LogP contribution in [0.4, 0.5) is 5.69 Å². The largest absolute Gasteiger partial charge is 0.454 e. The normalized spacial score (nSPS) is 13.1. The fourth-order valence-electron chi connectivity index (χ4n) is 4.59. The summed E-state index contributed by atoms with van der Waals surface area (Å²) in [6.07, 6.45) is 0.184. The van der Waals surface area contributed by atoms with Crippen molar-refractivity contribution in [1.29, 1.82) is 0 Å². The van der Waals surface area contributed by atoms with E-state index in [9.17, 15) is 18.0 Å². The van der Waals surface area contributed by atoms with Crippen LogP contribution in [-0.4, -0.2) is 56.8 Å². The minimum Gasteiger partial charge on any atom is -0.454 e. The summed E-state index contributed by atoms with van der Waals surface area (Å²) in [5.41, 5.74) is 1.50. The van der Waals surface area contributed by atoms with Crippen LogP contribution in [0.3, 0.4) is 0 Å². The summed E-state index contributed by atoms with van der Waals surface area (Å²) >= 11 is 13.0. The number of nitrogens with one attached hydrogen (secondary N) is 1. The van der Waals surface area contributed by atoms with Crippen molar-refractivity contribution in [2.24, 2.45) is 5.92 Å². The van der Waals surface area contributed by atoms with Gasteiger partial charge in [-0.05, 0) is 42.7 Å². The molecular formula is C31H35Cl2N3O6S. The van der Waals surface area contributed by atoms with E-state index in [0.29, 0.717) is 33.7 Å². The molecule has 43 heavy (non-hydrogen) atoms. The van der Waals surface area contributed by atoms with E-state index in [1.165, 1.54) is 17.9 Å². The van der Waals surface area contributed by atoms with Gasteiger partial charge in [0.1, 0.15) is 12.6 Å². The highest BCUT2D eigenvalue weighted by atomic mass is 35.5. The summed E-state index contributed by atoms with van der Waals surface area (Å²) < 4.78 is 38.6. The van der Waals surface area contributed by atoms with Gasteiger partial charge in [0.25, 0.3) is 0 Å². The lowest BCUT2D eigenvalue weighted by atomic mass is 10.0. The van der Waals surface area contributed by atoms with Crippen LogP contribution in [0, 0.1) is 5.92 Å². The number of carbonyl (C=O) groups is 2. The van der Waals surface area contributed by atoms with Gasteiger partial charge in [0.05, 0.1) is 11.4 Å². The van der Waals surface area contributed by atoms with Crippen LogP contribution in [0.25, 0.3) is 0 Å². The van der Waals surface area contributed by atoms with Crippen molar-refractivity contribution in [3.63, 3.8) is 0 Å². The molecule has 0 radical (unpaired) electrons. The smallest absolute Gasteiger partial charge is 0.244 e. The quantitative estimate of drug-likeness (QED) is 0.270. The molecule has 1 unspecified atom stereocenters. The summed E-state index contributed by atoms with van der Waals surface area (Å²) in [5.74, 6) is -0.222. The Kier molecular flexibility index (Phi) is 10.8. The topological polar surface area (TPSA) is 105 Å². The van der Waals surface area contributed by atoms with Crippen LogP contribution >= 0.6 is 23.2 Å². The molecule has 1 N–H and O–H groups in total. The van der Waals surface area contributed by atoms with Gasteiger partial charge in [0, 0.05) is 41.2 Å². The number of anilines is 1. The molecule has 4 rings (SSSR count). The van der Waals surface area contributed by atoms with Crippen molar-refractivity contribution in [2.45, 2.75) is 39.8 Å². The number of rotatable bonds is 13. The number of ether oxygens (including phenoxy) is 2. The van der Waals surface area contributed by atoms with Crippen LogP contribution in [0.2, 0.25) is 10.0 Å². The van der Waals surface area contributed by atoms with Crippen molar-refractivity contribution in [1.82, 2.24) is 10.2 Å². The highest BCUT2D eigenvalue weighted by Gasteiger charge is 2.34.